The predicted octanol–water partition coefficient (Wildman–Crippen LogP) is 0.848. The molecule has 1 heterocycles. The van der Waals surface area contributed by atoms with Crippen molar-refractivity contribution in [2.75, 3.05) is 0 Å². The van der Waals surface area contributed by atoms with Crippen molar-refractivity contribution >= 4 is 0 Å². The standard InChI is InChI=1S/C12H12N2O3/c1-7-3-8(2)5-9(4-7)14-11(16)6-10(15)13-12(14)17/h3-6,16H,1-2H3,(H,13,15,17). The summed E-state index contributed by atoms with van der Waals surface area (Å²) in [6.07, 6.45) is 0. The minimum absolute atomic E-state index is 0.372. The van der Waals surface area contributed by atoms with Gasteiger partial charge in [0.15, 0.2) is 0 Å². The molecule has 2 N–H and O–H groups in total. The van der Waals surface area contributed by atoms with Crippen LogP contribution in [0.3, 0.4) is 0 Å². The molecule has 5 nitrogen and oxygen atoms in total. The second-order valence-electron chi connectivity index (χ2n) is 3.98. The third-order valence-corrected chi connectivity index (χ3v) is 2.39. The van der Waals surface area contributed by atoms with Crippen molar-refractivity contribution in [3.05, 3.63) is 56.2 Å². The van der Waals surface area contributed by atoms with Crippen LogP contribution in [0.25, 0.3) is 5.69 Å². The SMILES string of the molecule is Cc1cc(C)cc(-n2c(O)cc(=O)[nH]c2=O)c1. The summed E-state index contributed by atoms with van der Waals surface area (Å²) >= 11 is 0. The number of nitrogens with zero attached hydrogens (tertiary/aromatic N) is 1. The number of hydrogen-bond donors (Lipinski definition) is 2. The van der Waals surface area contributed by atoms with Crippen molar-refractivity contribution < 1.29 is 5.11 Å². The van der Waals surface area contributed by atoms with Crippen LogP contribution in [0.2, 0.25) is 0 Å². The molecular weight excluding hydrogens is 220 g/mol. The van der Waals surface area contributed by atoms with Crippen LogP contribution in [-0.4, -0.2) is 14.7 Å². The van der Waals surface area contributed by atoms with Gasteiger partial charge in [0.25, 0.3) is 5.56 Å². The van der Waals surface area contributed by atoms with E-state index in [1.165, 1.54) is 0 Å². The first kappa shape index (κ1) is 11.2. The number of benzene rings is 1. The molecule has 5 heteroatoms. The zero-order valence-corrected chi connectivity index (χ0v) is 9.52. The van der Waals surface area contributed by atoms with Crippen molar-refractivity contribution in [3.8, 4) is 11.6 Å². The summed E-state index contributed by atoms with van der Waals surface area (Å²) in [5.74, 6) is -0.372. The maximum Gasteiger partial charge on any atom is 0.335 e. The summed E-state index contributed by atoms with van der Waals surface area (Å²) in [6.45, 7) is 3.79. The van der Waals surface area contributed by atoms with Gasteiger partial charge in [-0.3, -0.25) is 9.78 Å². The number of hydrogen-bond acceptors (Lipinski definition) is 3. The van der Waals surface area contributed by atoms with E-state index in [9.17, 15) is 14.7 Å². The quantitative estimate of drug-likeness (QED) is 0.765. The van der Waals surface area contributed by atoms with Gasteiger partial charge < -0.3 is 5.11 Å². The second kappa shape index (κ2) is 3.93. The molecule has 2 aromatic rings. The van der Waals surface area contributed by atoms with Gasteiger partial charge in [-0.1, -0.05) is 6.07 Å². The number of aryl methyl sites for hydroxylation is 2. The van der Waals surface area contributed by atoms with Crippen molar-refractivity contribution in [2.24, 2.45) is 0 Å². The summed E-state index contributed by atoms with van der Waals surface area (Å²) in [5.41, 5.74) is 1.20. The van der Waals surface area contributed by atoms with Gasteiger partial charge in [0.2, 0.25) is 5.88 Å². The molecule has 0 aliphatic rings. The molecule has 0 unspecified atom stereocenters. The average Bonchev–Trinajstić information content (AvgIpc) is 2.13. The molecule has 0 bridgehead atoms. The Morgan fingerprint density at radius 3 is 2.18 bits per heavy atom. The number of rotatable bonds is 1. The maximum atomic E-state index is 11.6. The third kappa shape index (κ3) is 2.13. The molecule has 2 rings (SSSR count). The topological polar surface area (TPSA) is 75.1 Å². The Bertz CT molecular complexity index is 663. The lowest BCUT2D eigenvalue weighted by atomic mass is 10.1. The summed E-state index contributed by atoms with van der Waals surface area (Å²) < 4.78 is 1.06. The zero-order valence-electron chi connectivity index (χ0n) is 9.52. The van der Waals surface area contributed by atoms with Gasteiger partial charge in [0.1, 0.15) is 0 Å². The van der Waals surface area contributed by atoms with Crippen LogP contribution in [0, 0.1) is 13.8 Å². The largest absolute Gasteiger partial charge is 0.494 e. The minimum Gasteiger partial charge on any atom is -0.494 e. The van der Waals surface area contributed by atoms with E-state index in [1.807, 2.05) is 19.9 Å². The summed E-state index contributed by atoms with van der Waals surface area (Å²) in [5, 5.41) is 9.65. The van der Waals surface area contributed by atoms with Crippen LogP contribution in [0.4, 0.5) is 0 Å². The van der Waals surface area contributed by atoms with E-state index in [4.69, 9.17) is 0 Å². The predicted molar refractivity (Wildman–Crippen MR) is 63.8 cm³/mol. The highest BCUT2D eigenvalue weighted by Gasteiger charge is 2.07. The molecule has 1 aromatic heterocycles. The Hall–Kier alpha value is -2.30. The van der Waals surface area contributed by atoms with Gasteiger partial charge >= 0.3 is 5.69 Å². The van der Waals surface area contributed by atoms with Crippen LogP contribution >= 0.6 is 0 Å². The van der Waals surface area contributed by atoms with Gasteiger partial charge in [-0.15, -0.1) is 0 Å². The molecule has 0 radical (unpaired) electrons. The fourth-order valence-electron chi connectivity index (χ4n) is 1.81. The van der Waals surface area contributed by atoms with E-state index in [0.29, 0.717) is 5.69 Å². The van der Waals surface area contributed by atoms with E-state index in [-0.39, 0.29) is 5.88 Å². The Kier molecular flexibility index (Phi) is 2.59. The fourth-order valence-corrected chi connectivity index (χ4v) is 1.81. The molecule has 88 valence electrons. The third-order valence-electron chi connectivity index (χ3n) is 2.39. The van der Waals surface area contributed by atoms with Crippen molar-refractivity contribution in [1.82, 2.24) is 9.55 Å². The smallest absolute Gasteiger partial charge is 0.335 e. The average molecular weight is 232 g/mol. The number of H-pyrrole nitrogens is 1. The molecule has 17 heavy (non-hydrogen) atoms. The van der Waals surface area contributed by atoms with Crippen molar-refractivity contribution in [1.29, 1.82) is 0 Å². The lowest BCUT2D eigenvalue weighted by Crippen LogP contribution is -2.28. The Labute approximate surface area is 97.0 Å². The van der Waals surface area contributed by atoms with E-state index in [0.717, 1.165) is 21.8 Å². The molecular formula is C12H12N2O3. The second-order valence-corrected chi connectivity index (χ2v) is 3.98. The van der Waals surface area contributed by atoms with Crippen LogP contribution in [0.15, 0.2) is 33.9 Å². The van der Waals surface area contributed by atoms with Crippen LogP contribution in [-0.2, 0) is 0 Å². The molecule has 0 saturated carbocycles. The van der Waals surface area contributed by atoms with E-state index < -0.39 is 11.2 Å². The normalized spacial score (nSPS) is 10.5. The minimum atomic E-state index is -0.653. The van der Waals surface area contributed by atoms with Crippen LogP contribution in [0.1, 0.15) is 11.1 Å². The summed E-state index contributed by atoms with van der Waals surface area (Å²) in [6, 6.07) is 6.44. The molecule has 0 spiro atoms. The molecule has 0 aliphatic heterocycles. The van der Waals surface area contributed by atoms with Crippen molar-refractivity contribution in [3.63, 3.8) is 0 Å². The number of nitrogens with one attached hydrogen (secondary N) is 1. The lowest BCUT2D eigenvalue weighted by molar-refractivity contribution is 0.431. The van der Waals surface area contributed by atoms with E-state index in [1.54, 1.807) is 12.1 Å². The monoisotopic (exact) mass is 232 g/mol. The van der Waals surface area contributed by atoms with Gasteiger partial charge in [-0.05, 0) is 37.1 Å². The number of aromatic amines is 1. The van der Waals surface area contributed by atoms with Crippen LogP contribution < -0.4 is 11.2 Å². The number of aromatic nitrogens is 2. The summed E-state index contributed by atoms with van der Waals surface area (Å²) in [4.78, 5) is 24.7. The first-order valence-electron chi connectivity index (χ1n) is 5.11. The molecule has 0 aliphatic carbocycles. The fraction of sp³-hybridized carbons (Fsp3) is 0.167. The Morgan fingerprint density at radius 2 is 1.65 bits per heavy atom. The molecule has 0 amide bonds. The van der Waals surface area contributed by atoms with Gasteiger partial charge in [0, 0.05) is 0 Å². The molecule has 0 fully saturated rings. The highest BCUT2D eigenvalue weighted by atomic mass is 16.3. The first-order valence-corrected chi connectivity index (χ1v) is 5.11. The van der Waals surface area contributed by atoms with Gasteiger partial charge in [0.05, 0.1) is 11.8 Å². The van der Waals surface area contributed by atoms with Crippen LogP contribution in [0.5, 0.6) is 5.88 Å². The highest BCUT2D eigenvalue weighted by Crippen LogP contribution is 2.15. The van der Waals surface area contributed by atoms with E-state index in [2.05, 4.69) is 4.98 Å². The first-order chi connectivity index (χ1) is 7.97. The van der Waals surface area contributed by atoms with Gasteiger partial charge in [-0.25, -0.2) is 9.36 Å². The molecule has 0 atom stereocenters. The Morgan fingerprint density at radius 1 is 1.06 bits per heavy atom. The Balaban J connectivity index is 2.77. The lowest BCUT2D eigenvalue weighted by Gasteiger charge is -2.09. The molecule has 1 aromatic carbocycles. The van der Waals surface area contributed by atoms with E-state index >= 15 is 0 Å². The summed E-state index contributed by atoms with van der Waals surface area (Å²) in [7, 11) is 0. The van der Waals surface area contributed by atoms with Gasteiger partial charge in [-0.2, -0.15) is 0 Å². The van der Waals surface area contributed by atoms with Crippen molar-refractivity contribution in [2.45, 2.75) is 13.8 Å². The highest BCUT2D eigenvalue weighted by molar-refractivity contribution is 5.41. The number of aromatic hydroxyl groups is 1. The maximum absolute atomic E-state index is 11.6. The zero-order chi connectivity index (χ0) is 12.6. The molecule has 0 saturated heterocycles.